The Morgan fingerprint density at radius 2 is 1.02 bits per heavy atom. The summed E-state index contributed by atoms with van der Waals surface area (Å²) in [5, 5.41) is 9.36. The molecule has 2 aromatic heterocycles. The number of rotatable bonds is 3. The number of allylic oxidation sites excluding steroid dienone is 4. The standard InChI is InChI=1S/C45H30O2/c1-27-10-8-11-30(26-27)28-20-22-29(23-21-28)41-31-12-2-4-14-33(31)42(34-15-5-3-13-32(34)41)36-17-9-19-38-44(36)45-40(47-38)25-24-39-43(45)35-16-6-7-18-37(35)46-39/h2-9,11-27H,10H2,1H3. The van der Waals surface area contributed by atoms with Crippen molar-refractivity contribution < 1.29 is 8.83 Å². The topological polar surface area (TPSA) is 26.3 Å². The van der Waals surface area contributed by atoms with E-state index < -0.39 is 0 Å². The van der Waals surface area contributed by atoms with E-state index in [0.717, 1.165) is 50.3 Å². The van der Waals surface area contributed by atoms with E-state index in [9.17, 15) is 0 Å². The van der Waals surface area contributed by atoms with Crippen LogP contribution in [0.25, 0.3) is 93.2 Å². The van der Waals surface area contributed by atoms with Gasteiger partial charge < -0.3 is 8.83 Å². The minimum Gasteiger partial charge on any atom is -0.456 e. The summed E-state index contributed by atoms with van der Waals surface area (Å²) in [6.45, 7) is 2.28. The highest BCUT2D eigenvalue weighted by molar-refractivity contribution is 6.31. The molecule has 0 amide bonds. The largest absolute Gasteiger partial charge is 0.456 e. The molecule has 0 spiro atoms. The van der Waals surface area contributed by atoms with Crippen LogP contribution in [0, 0.1) is 5.92 Å². The molecule has 222 valence electrons. The van der Waals surface area contributed by atoms with Crippen molar-refractivity contribution in [2.24, 2.45) is 5.92 Å². The minimum atomic E-state index is 0.565. The van der Waals surface area contributed by atoms with Crippen molar-refractivity contribution in [3.8, 4) is 22.3 Å². The fourth-order valence-electron chi connectivity index (χ4n) is 7.92. The van der Waals surface area contributed by atoms with Crippen molar-refractivity contribution in [3.05, 3.63) is 151 Å². The fraction of sp³-hybridized carbons (Fsp3) is 0.0667. The monoisotopic (exact) mass is 602 g/mol. The van der Waals surface area contributed by atoms with Crippen molar-refractivity contribution >= 4 is 71.0 Å². The fourth-order valence-corrected chi connectivity index (χ4v) is 7.92. The summed E-state index contributed by atoms with van der Waals surface area (Å²) in [6.07, 6.45) is 8.04. The van der Waals surface area contributed by atoms with Gasteiger partial charge in [0.2, 0.25) is 0 Å². The zero-order valence-electron chi connectivity index (χ0n) is 26.0. The lowest BCUT2D eigenvalue weighted by Crippen LogP contribution is -1.95. The van der Waals surface area contributed by atoms with E-state index in [1.165, 1.54) is 54.9 Å². The smallest absolute Gasteiger partial charge is 0.136 e. The van der Waals surface area contributed by atoms with Gasteiger partial charge in [-0.3, -0.25) is 0 Å². The summed E-state index contributed by atoms with van der Waals surface area (Å²) >= 11 is 0. The third kappa shape index (κ3) is 3.91. The number of hydrogen-bond donors (Lipinski definition) is 0. The molecule has 0 saturated carbocycles. The first-order valence-corrected chi connectivity index (χ1v) is 16.4. The van der Waals surface area contributed by atoms with Crippen LogP contribution < -0.4 is 0 Å². The van der Waals surface area contributed by atoms with Gasteiger partial charge >= 0.3 is 0 Å². The molecular formula is C45H30O2. The molecule has 10 rings (SSSR count). The molecule has 1 atom stereocenters. The lowest BCUT2D eigenvalue weighted by molar-refractivity contribution is 0.663. The Kier molecular flexibility index (Phi) is 5.65. The van der Waals surface area contributed by atoms with Crippen LogP contribution in [0.4, 0.5) is 0 Å². The third-order valence-electron chi connectivity index (χ3n) is 9.98. The normalized spacial score (nSPS) is 15.1. The van der Waals surface area contributed by atoms with Crippen molar-refractivity contribution in [1.82, 2.24) is 0 Å². The van der Waals surface area contributed by atoms with Crippen LogP contribution in [0.2, 0.25) is 0 Å². The maximum atomic E-state index is 6.57. The van der Waals surface area contributed by atoms with Gasteiger partial charge in [0.25, 0.3) is 0 Å². The SMILES string of the molecule is CC1C=C(c2ccc(-c3c4ccccc4c(-c4cccc5oc6ccc7oc8ccccc8c7c6c45)c4ccccc34)cc2)C=CC1. The molecule has 47 heavy (non-hydrogen) atoms. The lowest BCUT2D eigenvalue weighted by Gasteiger charge is -2.19. The first-order chi connectivity index (χ1) is 23.2. The van der Waals surface area contributed by atoms with Crippen molar-refractivity contribution in [2.75, 3.05) is 0 Å². The molecule has 0 N–H and O–H groups in total. The highest BCUT2D eigenvalue weighted by Gasteiger charge is 2.22. The Morgan fingerprint density at radius 3 is 1.72 bits per heavy atom. The van der Waals surface area contributed by atoms with Crippen LogP contribution in [0.15, 0.2) is 154 Å². The summed E-state index contributed by atoms with van der Waals surface area (Å²) in [5.41, 5.74) is 11.0. The van der Waals surface area contributed by atoms with Crippen LogP contribution in [-0.4, -0.2) is 0 Å². The van der Waals surface area contributed by atoms with Crippen LogP contribution >= 0.6 is 0 Å². The second-order valence-corrected chi connectivity index (χ2v) is 12.8. The van der Waals surface area contributed by atoms with Crippen LogP contribution in [0.1, 0.15) is 18.9 Å². The lowest BCUT2D eigenvalue weighted by atomic mass is 9.84. The van der Waals surface area contributed by atoms with Gasteiger partial charge in [-0.25, -0.2) is 0 Å². The van der Waals surface area contributed by atoms with Gasteiger partial charge in [0.1, 0.15) is 22.3 Å². The summed E-state index contributed by atoms with van der Waals surface area (Å²) in [4.78, 5) is 0. The first kappa shape index (κ1) is 26.4. The van der Waals surface area contributed by atoms with Gasteiger partial charge in [-0.1, -0.05) is 128 Å². The molecule has 1 unspecified atom stereocenters. The van der Waals surface area contributed by atoms with E-state index >= 15 is 0 Å². The summed E-state index contributed by atoms with van der Waals surface area (Å²) in [6, 6.07) is 45.7. The second kappa shape index (κ2) is 10.1. The zero-order chi connectivity index (χ0) is 31.1. The molecule has 9 aromatic rings. The van der Waals surface area contributed by atoms with Gasteiger partial charge in [0.05, 0.1) is 0 Å². The van der Waals surface area contributed by atoms with Gasteiger partial charge in [0.15, 0.2) is 0 Å². The van der Waals surface area contributed by atoms with Gasteiger partial charge in [0, 0.05) is 21.5 Å². The predicted octanol–water partition coefficient (Wildman–Crippen LogP) is 13.1. The summed E-state index contributed by atoms with van der Waals surface area (Å²) in [7, 11) is 0. The molecule has 0 saturated heterocycles. The minimum absolute atomic E-state index is 0.565. The average Bonchev–Trinajstić information content (AvgIpc) is 3.69. The maximum absolute atomic E-state index is 6.57. The maximum Gasteiger partial charge on any atom is 0.136 e. The van der Waals surface area contributed by atoms with E-state index in [4.69, 9.17) is 8.83 Å². The predicted molar refractivity (Wildman–Crippen MR) is 198 cm³/mol. The molecule has 1 aliphatic carbocycles. The van der Waals surface area contributed by atoms with Crippen molar-refractivity contribution in [3.63, 3.8) is 0 Å². The van der Waals surface area contributed by atoms with Gasteiger partial charge in [-0.15, -0.1) is 0 Å². The quantitative estimate of drug-likeness (QED) is 0.188. The Labute approximate surface area is 271 Å². The molecule has 7 aromatic carbocycles. The first-order valence-electron chi connectivity index (χ1n) is 16.4. The van der Waals surface area contributed by atoms with E-state index in [1.54, 1.807) is 0 Å². The zero-order valence-corrected chi connectivity index (χ0v) is 26.0. The Hall–Kier alpha value is -5.86. The third-order valence-corrected chi connectivity index (χ3v) is 9.98. The average molecular weight is 603 g/mol. The Morgan fingerprint density at radius 1 is 0.468 bits per heavy atom. The molecule has 0 bridgehead atoms. The summed E-state index contributed by atoms with van der Waals surface area (Å²) < 4.78 is 12.9. The summed E-state index contributed by atoms with van der Waals surface area (Å²) in [5.74, 6) is 0.565. The molecule has 0 fully saturated rings. The molecule has 2 nitrogen and oxygen atoms in total. The molecule has 2 heteroatoms. The molecular weight excluding hydrogens is 572 g/mol. The number of benzene rings is 7. The van der Waals surface area contributed by atoms with E-state index in [-0.39, 0.29) is 0 Å². The van der Waals surface area contributed by atoms with E-state index in [1.807, 2.05) is 24.3 Å². The van der Waals surface area contributed by atoms with Crippen LogP contribution in [0.5, 0.6) is 0 Å². The van der Waals surface area contributed by atoms with E-state index in [2.05, 4.69) is 128 Å². The number of fused-ring (bicyclic) bond motifs is 9. The molecule has 0 aliphatic heterocycles. The van der Waals surface area contributed by atoms with Crippen molar-refractivity contribution in [2.45, 2.75) is 13.3 Å². The van der Waals surface area contributed by atoms with E-state index in [0.29, 0.717) is 5.92 Å². The molecule has 0 radical (unpaired) electrons. The van der Waals surface area contributed by atoms with Crippen LogP contribution in [0.3, 0.4) is 0 Å². The number of para-hydroxylation sites is 1. The van der Waals surface area contributed by atoms with Crippen LogP contribution in [-0.2, 0) is 0 Å². The molecule has 1 aliphatic rings. The van der Waals surface area contributed by atoms with Gasteiger partial charge in [-0.05, 0) is 91.5 Å². The Bertz CT molecular complexity index is 2710. The number of hydrogen-bond acceptors (Lipinski definition) is 2. The second-order valence-electron chi connectivity index (χ2n) is 12.8. The molecule has 2 heterocycles. The highest BCUT2D eigenvalue weighted by atomic mass is 16.3. The van der Waals surface area contributed by atoms with Gasteiger partial charge in [-0.2, -0.15) is 0 Å². The number of furan rings is 2. The Balaban J connectivity index is 1.28. The highest BCUT2D eigenvalue weighted by Crippen LogP contribution is 2.48. The van der Waals surface area contributed by atoms with Crippen molar-refractivity contribution in [1.29, 1.82) is 0 Å².